The molecule has 0 amide bonds. The molecule has 0 saturated heterocycles. The number of rotatable bonds is 5. The molecule has 3 nitrogen and oxygen atoms in total. The Balaban J connectivity index is 2.08. The molecule has 0 spiro atoms. The lowest BCUT2D eigenvalue weighted by Gasteiger charge is -2.17. The van der Waals surface area contributed by atoms with E-state index in [2.05, 4.69) is 54.6 Å². The molecular weight excluding hydrogens is 234 g/mol. The van der Waals surface area contributed by atoms with Crippen molar-refractivity contribution in [2.24, 2.45) is 5.84 Å². The van der Waals surface area contributed by atoms with E-state index in [0.29, 0.717) is 0 Å². The van der Waals surface area contributed by atoms with Crippen LogP contribution in [-0.4, -0.2) is 4.98 Å². The van der Waals surface area contributed by atoms with Gasteiger partial charge in [0.05, 0.1) is 11.7 Å². The number of hydrazine groups is 1. The first-order chi connectivity index (χ1) is 9.20. The summed E-state index contributed by atoms with van der Waals surface area (Å²) in [5.74, 6) is 5.69. The molecule has 0 radical (unpaired) electrons. The van der Waals surface area contributed by atoms with Crippen LogP contribution >= 0.6 is 0 Å². The van der Waals surface area contributed by atoms with Crippen LogP contribution in [0.4, 0.5) is 0 Å². The van der Waals surface area contributed by atoms with Gasteiger partial charge in [-0.1, -0.05) is 36.4 Å². The highest BCUT2D eigenvalue weighted by molar-refractivity contribution is 5.26. The Kier molecular flexibility index (Phi) is 4.66. The fourth-order valence-electron chi connectivity index (χ4n) is 2.35. The maximum absolute atomic E-state index is 5.69. The summed E-state index contributed by atoms with van der Waals surface area (Å²) in [5.41, 5.74) is 7.63. The molecule has 1 unspecified atom stereocenters. The van der Waals surface area contributed by atoms with E-state index in [4.69, 9.17) is 5.84 Å². The molecule has 2 rings (SSSR count). The van der Waals surface area contributed by atoms with Gasteiger partial charge in [-0.05, 0) is 43.4 Å². The zero-order chi connectivity index (χ0) is 13.7. The minimum Gasteiger partial charge on any atom is -0.271 e. The predicted molar refractivity (Wildman–Crippen MR) is 78.5 cm³/mol. The van der Waals surface area contributed by atoms with E-state index in [9.17, 15) is 0 Å². The van der Waals surface area contributed by atoms with Crippen molar-refractivity contribution >= 4 is 0 Å². The number of nitrogens with two attached hydrogens (primary N) is 1. The predicted octanol–water partition coefficient (Wildman–Crippen LogP) is 2.84. The second-order valence-electron chi connectivity index (χ2n) is 4.96. The van der Waals surface area contributed by atoms with Crippen LogP contribution in [0.15, 0.2) is 42.6 Å². The third-order valence-corrected chi connectivity index (χ3v) is 3.35. The molecule has 0 aliphatic rings. The van der Waals surface area contributed by atoms with Gasteiger partial charge >= 0.3 is 0 Å². The maximum Gasteiger partial charge on any atom is 0.0638 e. The molecule has 1 aromatic carbocycles. The number of pyridine rings is 1. The lowest BCUT2D eigenvalue weighted by atomic mass is 10.00. The Bertz CT molecular complexity index is 523. The normalized spacial score (nSPS) is 12.4. The smallest absolute Gasteiger partial charge is 0.0638 e. The highest BCUT2D eigenvalue weighted by Crippen LogP contribution is 2.20. The summed E-state index contributed by atoms with van der Waals surface area (Å²) in [4.78, 5) is 4.52. The fourth-order valence-corrected chi connectivity index (χ4v) is 2.35. The first-order valence-electron chi connectivity index (χ1n) is 6.64. The number of nitrogens with one attached hydrogen (secondary N) is 1. The van der Waals surface area contributed by atoms with Crippen molar-refractivity contribution in [2.75, 3.05) is 0 Å². The van der Waals surface area contributed by atoms with Crippen LogP contribution in [-0.2, 0) is 6.42 Å². The first kappa shape index (κ1) is 13.7. The summed E-state index contributed by atoms with van der Waals surface area (Å²) >= 11 is 0. The van der Waals surface area contributed by atoms with E-state index in [-0.39, 0.29) is 6.04 Å². The third-order valence-electron chi connectivity index (χ3n) is 3.35. The van der Waals surface area contributed by atoms with Crippen LogP contribution in [0.3, 0.4) is 0 Å². The van der Waals surface area contributed by atoms with E-state index in [1.165, 1.54) is 16.7 Å². The topological polar surface area (TPSA) is 50.9 Å². The lowest BCUT2D eigenvalue weighted by molar-refractivity contribution is 0.502. The average Bonchev–Trinajstić information content (AvgIpc) is 2.42. The van der Waals surface area contributed by atoms with Crippen LogP contribution in [0.2, 0.25) is 0 Å². The molecule has 100 valence electrons. The fraction of sp³-hybridized carbons (Fsp3) is 0.312. The highest BCUT2D eigenvalue weighted by atomic mass is 15.2. The second-order valence-corrected chi connectivity index (χ2v) is 4.96. The van der Waals surface area contributed by atoms with Crippen molar-refractivity contribution < 1.29 is 0 Å². The van der Waals surface area contributed by atoms with Crippen LogP contribution in [0.1, 0.15) is 34.8 Å². The van der Waals surface area contributed by atoms with Crippen LogP contribution in [0.5, 0.6) is 0 Å². The zero-order valence-electron chi connectivity index (χ0n) is 11.6. The van der Waals surface area contributed by atoms with E-state index < -0.39 is 0 Å². The van der Waals surface area contributed by atoms with Crippen molar-refractivity contribution in [3.63, 3.8) is 0 Å². The van der Waals surface area contributed by atoms with Crippen LogP contribution in [0.25, 0.3) is 0 Å². The van der Waals surface area contributed by atoms with Crippen molar-refractivity contribution in [3.8, 4) is 0 Å². The minimum absolute atomic E-state index is 0.0980. The molecule has 1 atom stereocenters. The monoisotopic (exact) mass is 255 g/mol. The molecule has 0 aliphatic carbocycles. The summed E-state index contributed by atoms with van der Waals surface area (Å²) in [7, 11) is 0. The molecule has 0 aliphatic heterocycles. The molecule has 0 fully saturated rings. The minimum atomic E-state index is 0.0980. The summed E-state index contributed by atoms with van der Waals surface area (Å²) in [6.07, 6.45) is 3.83. The quantitative estimate of drug-likeness (QED) is 0.638. The van der Waals surface area contributed by atoms with Crippen LogP contribution < -0.4 is 11.3 Å². The van der Waals surface area contributed by atoms with Gasteiger partial charge in [-0.25, -0.2) is 0 Å². The number of aromatic nitrogens is 1. The molecular formula is C16H21N3. The van der Waals surface area contributed by atoms with Crippen LogP contribution in [0, 0.1) is 13.8 Å². The van der Waals surface area contributed by atoms with Gasteiger partial charge in [0.2, 0.25) is 0 Å². The van der Waals surface area contributed by atoms with Gasteiger partial charge in [-0.3, -0.25) is 16.3 Å². The molecule has 3 heteroatoms. The summed E-state index contributed by atoms with van der Waals surface area (Å²) < 4.78 is 0. The number of aryl methyl sites for hydroxylation is 3. The summed E-state index contributed by atoms with van der Waals surface area (Å²) in [5, 5.41) is 0. The van der Waals surface area contributed by atoms with E-state index in [1.807, 2.05) is 12.3 Å². The van der Waals surface area contributed by atoms with Crippen molar-refractivity contribution in [2.45, 2.75) is 32.7 Å². The third kappa shape index (κ3) is 3.63. The Morgan fingerprint density at radius 1 is 1.21 bits per heavy atom. The van der Waals surface area contributed by atoms with Gasteiger partial charge in [0, 0.05) is 6.20 Å². The van der Waals surface area contributed by atoms with Crippen molar-refractivity contribution in [3.05, 3.63) is 65.0 Å². The van der Waals surface area contributed by atoms with Gasteiger partial charge in [0.1, 0.15) is 0 Å². The largest absolute Gasteiger partial charge is 0.271 e. The lowest BCUT2D eigenvalue weighted by Crippen LogP contribution is -2.29. The van der Waals surface area contributed by atoms with E-state index in [0.717, 1.165) is 18.5 Å². The number of hydrogen-bond donors (Lipinski definition) is 2. The molecule has 2 aromatic rings. The van der Waals surface area contributed by atoms with E-state index >= 15 is 0 Å². The Hall–Kier alpha value is -1.71. The van der Waals surface area contributed by atoms with Gasteiger partial charge < -0.3 is 0 Å². The Morgan fingerprint density at radius 2 is 1.95 bits per heavy atom. The summed E-state index contributed by atoms with van der Waals surface area (Å²) in [6.45, 7) is 4.14. The number of benzene rings is 1. The second kappa shape index (κ2) is 6.45. The zero-order valence-corrected chi connectivity index (χ0v) is 11.6. The van der Waals surface area contributed by atoms with Crippen molar-refractivity contribution in [1.29, 1.82) is 0 Å². The number of nitrogens with zero attached hydrogens (tertiary/aromatic N) is 1. The van der Waals surface area contributed by atoms with E-state index in [1.54, 1.807) is 0 Å². The molecule has 1 aromatic heterocycles. The maximum atomic E-state index is 5.69. The standard InChI is InChI=1S/C16H21N3/c1-12-10-13(2)16(18-11-12)15(19-17)9-8-14-6-4-3-5-7-14/h3-7,10-11,15,19H,8-9,17H2,1-2H3. The molecule has 1 heterocycles. The first-order valence-corrected chi connectivity index (χ1v) is 6.64. The van der Waals surface area contributed by atoms with Crippen molar-refractivity contribution in [1.82, 2.24) is 10.4 Å². The summed E-state index contributed by atoms with van der Waals surface area (Å²) in [6, 6.07) is 12.7. The number of hydrogen-bond acceptors (Lipinski definition) is 3. The van der Waals surface area contributed by atoms with Gasteiger partial charge in [0.15, 0.2) is 0 Å². The Labute approximate surface area is 114 Å². The van der Waals surface area contributed by atoms with Gasteiger partial charge in [0.25, 0.3) is 0 Å². The van der Waals surface area contributed by atoms with Gasteiger partial charge in [-0.2, -0.15) is 0 Å². The molecule has 0 bridgehead atoms. The molecule has 19 heavy (non-hydrogen) atoms. The molecule has 3 N–H and O–H groups in total. The van der Waals surface area contributed by atoms with Gasteiger partial charge in [-0.15, -0.1) is 0 Å². The molecule has 0 saturated carbocycles. The highest BCUT2D eigenvalue weighted by Gasteiger charge is 2.13. The Morgan fingerprint density at radius 3 is 2.58 bits per heavy atom. The SMILES string of the molecule is Cc1cnc(C(CCc2ccccc2)NN)c(C)c1. The average molecular weight is 255 g/mol.